The molecule has 0 radical (unpaired) electrons. The second-order valence-corrected chi connectivity index (χ2v) is 9.22. The van der Waals surface area contributed by atoms with E-state index in [-0.39, 0.29) is 23.4 Å². The third kappa shape index (κ3) is 4.18. The normalized spacial score (nSPS) is 18.4. The molecular formula is C24H31N5O3. The molecule has 0 spiro atoms. The molecule has 1 atom stereocenters. The van der Waals surface area contributed by atoms with Crippen LogP contribution in [-0.2, 0) is 18.3 Å². The number of amides is 2. The summed E-state index contributed by atoms with van der Waals surface area (Å²) < 4.78 is 1.41. The lowest BCUT2D eigenvalue weighted by molar-refractivity contribution is -0.119. The Labute approximate surface area is 188 Å². The molecule has 0 saturated carbocycles. The van der Waals surface area contributed by atoms with Crippen LogP contribution in [0.15, 0.2) is 23.1 Å². The molecular weight excluding hydrogens is 406 g/mol. The molecule has 2 aromatic rings. The number of carbonyl (C=O) groups excluding carboxylic acids is 2. The molecule has 0 N–H and O–H groups in total. The van der Waals surface area contributed by atoms with E-state index in [0.29, 0.717) is 49.1 Å². The number of carbonyl (C=O) groups is 2. The van der Waals surface area contributed by atoms with Gasteiger partial charge in [-0.2, -0.15) is 0 Å². The van der Waals surface area contributed by atoms with Gasteiger partial charge in [-0.3, -0.25) is 19.3 Å². The number of pyridine rings is 1. The van der Waals surface area contributed by atoms with Gasteiger partial charge in [0.1, 0.15) is 5.82 Å². The van der Waals surface area contributed by atoms with Crippen LogP contribution in [0.25, 0.3) is 0 Å². The lowest BCUT2D eigenvalue weighted by Gasteiger charge is -2.31. The Hall–Kier alpha value is -3.03. The molecule has 32 heavy (non-hydrogen) atoms. The summed E-state index contributed by atoms with van der Waals surface area (Å²) in [7, 11) is 1.64. The fourth-order valence-corrected chi connectivity index (χ4v) is 4.53. The highest BCUT2D eigenvalue weighted by molar-refractivity contribution is 5.96. The maximum Gasteiger partial charge on any atom is 0.255 e. The summed E-state index contributed by atoms with van der Waals surface area (Å²) in [5, 5.41) is 0. The van der Waals surface area contributed by atoms with Gasteiger partial charge in [-0.25, -0.2) is 9.97 Å². The Balaban J connectivity index is 1.67. The smallest absolute Gasteiger partial charge is 0.255 e. The van der Waals surface area contributed by atoms with Gasteiger partial charge in [0.25, 0.3) is 5.91 Å². The predicted octanol–water partition coefficient (Wildman–Crippen LogP) is 2.79. The van der Waals surface area contributed by atoms with Gasteiger partial charge in [0.15, 0.2) is 5.82 Å². The second-order valence-electron chi connectivity index (χ2n) is 9.22. The highest BCUT2D eigenvalue weighted by atomic mass is 16.2. The lowest BCUT2D eigenvalue weighted by Crippen LogP contribution is -2.39. The van der Waals surface area contributed by atoms with Crippen molar-refractivity contribution in [2.24, 2.45) is 13.0 Å². The number of aryl methyl sites for hydroxylation is 2. The third-order valence-electron chi connectivity index (χ3n) is 6.43. The molecule has 2 aliphatic rings. The molecule has 0 bridgehead atoms. The average molecular weight is 438 g/mol. The monoisotopic (exact) mass is 437 g/mol. The number of hydrogen-bond donors (Lipinski definition) is 0. The summed E-state index contributed by atoms with van der Waals surface area (Å²) in [6, 6.07) is 2.74. The number of hydrogen-bond acceptors (Lipinski definition) is 5. The van der Waals surface area contributed by atoms with Crippen LogP contribution >= 0.6 is 0 Å². The van der Waals surface area contributed by atoms with Crippen LogP contribution in [0.3, 0.4) is 0 Å². The van der Waals surface area contributed by atoms with E-state index in [9.17, 15) is 14.4 Å². The van der Waals surface area contributed by atoms with E-state index < -0.39 is 0 Å². The van der Waals surface area contributed by atoms with Gasteiger partial charge in [-0.15, -0.1) is 0 Å². The van der Waals surface area contributed by atoms with Crippen molar-refractivity contribution in [3.63, 3.8) is 0 Å². The summed E-state index contributed by atoms with van der Waals surface area (Å²) in [5.74, 6) is 1.77. The molecule has 170 valence electrons. The Kier molecular flexibility index (Phi) is 6.13. The van der Waals surface area contributed by atoms with Crippen molar-refractivity contribution in [3.05, 3.63) is 51.3 Å². The first-order valence-corrected chi connectivity index (χ1v) is 11.4. The molecule has 1 saturated heterocycles. The van der Waals surface area contributed by atoms with Crippen LogP contribution in [0.2, 0.25) is 0 Å². The number of nitrogens with zero attached hydrogens (tertiary/aromatic N) is 5. The van der Waals surface area contributed by atoms with E-state index in [1.807, 2.05) is 11.8 Å². The van der Waals surface area contributed by atoms with Crippen LogP contribution < -0.4 is 10.5 Å². The predicted molar refractivity (Wildman–Crippen MR) is 122 cm³/mol. The van der Waals surface area contributed by atoms with Gasteiger partial charge in [-0.1, -0.05) is 13.8 Å². The van der Waals surface area contributed by atoms with Gasteiger partial charge in [0.2, 0.25) is 11.5 Å². The fourth-order valence-electron chi connectivity index (χ4n) is 4.53. The van der Waals surface area contributed by atoms with E-state index in [1.54, 1.807) is 24.2 Å². The van der Waals surface area contributed by atoms with E-state index >= 15 is 0 Å². The van der Waals surface area contributed by atoms with Gasteiger partial charge < -0.3 is 9.47 Å². The largest absolute Gasteiger partial charge is 0.328 e. The Morgan fingerprint density at radius 3 is 2.69 bits per heavy atom. The standard InChI is InChI=1S/C24H31N5O3/c1-15(2)11-13-29-21(31)10-8-18-16(3)25-22(26-23(18)29)19-6-5-12-28(19)24(32)17-7-9-20(30)27(4)14-17/h7,9,14-15,19H,5-6,8,10-13H2,1-4H3/t19-/m0/s1. The highest BCUT2D eigenvalue weighted by Gasteiger charge is 2.35. The zero-order valence-electron chi connectivity index (χ0n) is 19.3. The quantitative estimate of drug-likeness (QED) is 0.718. The molecule has 4 rings (SSSR count). The van der Waals surface area contributed by atoms with Crippen LogP contribution in [0.5, 0.6) is 0 Å². The van der Waals surface area contributed by atoms with Crippen molar-refractivity contribution in [3.8, 4) is 0 Å². The Morgan fingerprint density at radius 1 is 1.19 bits per heavy atom. The molecule has 4 heterocycles. The van der Waals surface area contributed by atoms with Crippen molar-refractivity contribution in [2.45, 2.75) is 58.9 Å². The summed E-state index contributed by atoms with van der Waals surface area (Å²) >= 11 is 0. The van der Waals surface area contributed by atoms with Crippen molar-refractivity contribution < 1.29 is 9.59 Å². The van der Waals surface area contributed by atoms with E-state index in [2.05, 4.69) is 13.8 Å². The number of rotatable bonds is 5. The molecule has 2 aromatic heterocycles. The summed E-state index contributed by atoms with van der Waals surface area (Å²) in [6.07, 6.45) is 5.25. The molecule has 8 heteroatoms. The molecule has 0 unspecified atom stereocenters. The number of likely N-dealkylation sites (tertiary alicyclic amines) is 1. The average Bonchev–Trinajstić information content (AvgIpc) is 3.24. The molecule has 0 aliphatic carbocycles. The van der Waals surface area contributed by atoms with E-state index in [1.165, 1.54) is 10.6 Å². The second kappa shape index (κ2) is 8.84. The molecule has 2 amide bonds. The van der Waals surface area contributed by atoms with Crippen molar-refractivity contribution in [2.75, 3.05) is 18.0 Å². The summed E-state index contributed by atoms with van der Waals surface area (Å²) in [6.45, 7) is 7.52. The minimum Gasteiger partial charge on any atom is -0.328 e. The SMILES string of the molecule is Cc1nc([C@@H]2CCCN2C(=O)c2ccc(=O)n(C)c2)nc2c1CCC(=O)N2CCC(C)C. The summed E-state index contributed by atoms with van der Waals surface area (Å²) in [4.78, 5) is 50.9. The lowest BCUT2D eigenvalue weighted by atomic mass is 10.0. The van der Waals surface area contributed by atoms with Crippen LogP contribution in [-0.4, -0.2) is 44.3 Å². The maximum absolute atomic E-state index is 13.3. The molecule has 1 fully saturated rings. The van der Waals surface area contributed by atoms with E-state index in [0.717, 1.165) is 30.5 Å². The first-order valence-electron chi connectivity index (χ1n) is 11.4. The Bertz CT molecular complexity index is 1110. The van der Waals surface area contributed by atoms with Gasteiger partial charge >= 0.3 is 0 Å². The van der Waals surface area contributed by atoms with Gasteiger partial charge in [0.05, 0.1) is 11.6 Å². The molecule has 2 aliphatic heterocycles. The first kappa shape index (κ1) is 22.2. The van der Waals surface area contributed by atoms with Crippen LogP contribution in [0.4, 0.5) is 5.82 Å². The molecule has 0 aromatic carbocycles. The zero-order chi connectivity index (χ0) is 23.0. The zero-order valence-corrected chi connectivity index (χ0v) is 19.3. The summed E-state index contributed by atoms with van der Waals surface area (Å²) in [5.41, 5.74) is 2.24. The first-order chi connectivity index (χ1) is 15.3. The van der Waals surface area contributed by atoms with Crippen molar-refractivity contribution in [1.29, 1.82) is 0 Å². The number of aromatic nitrogens is 3. The van der Waals surface area contributed by atoms with Gasteiger partial charge in [-0.05, 0) is 44.6 Å². The van der Waals surface area contributed by atoms with Gasteiger partial charge in [0, 0.05) is 50.1 Å². The maximum atomic E-state index is 13.3. The van der Waals surface area contributed by atoms with Crippen LogP contribution in [0.1, 0.15) is 73.0 Å². The minimum atomic E-state index is -0.243. The highest BCUT2D eigenvalue weighted by Crippen LogP contribution is 2.35. The number of anilines is 1. The number of fused-ring (bicyclic) bond motifs is 1. The Morgan fingerprint density at radius 2 is 1.97 bits per heavy atom. The third-order valence-corrected chi connectivity index (χ3v) is 6.43. The molecule has 8 nitrogen and oxygen atoms in total. The topological polar surface area (TPSA) is 88.4 Å². The van der Waals surface area contributed by atoms with Crippen molar-refractivity contribution >= 4 is 17.6 Å². The minimum absolute atomic E-state index is 0.103. The van der Waals surface area contributed by atoms with Crippen LogP contribution in [0, 0.1) is 12.8 Å². The van der Waals surface area contributed by atoms with Crippen molar-refractivity contribution in [1.82, 2.24) is 19.4 Å². The fraction of sp³-hybridized carbons (Fsp3) is 0.542. The van der Waals surface area contributed by atoms with E-state index in [4.69, 9.17) is 9.97 Å².